The van der Waals surface area contributed by atoms with E-state index in [2.05, 4.69) is 15.1 Å². The molecule has 0 saturated carbocycles. The molecule has 0 radical (unpaired) electrons. The monoisotopic (exact) mass is 265 g/mol. The quantitative estimate of drug-likeness (QED) is 0.811. The second kappa shape index (κ2) is 6.23. The van der Waals surface area contributed by atoms with Crippen molar-refractivity contribution in [3.05, 3.63) is 0 Å². The van der Waals surface area contributed by atoms with Gasteiger partial charge in [-0.15, -0.1) is 0 Å². The van der Waals surface area contributed by atoms with E-state index in [-0.39, 0.29) is 5.92 Å². The molecule has 0 aromatic rings. The molecule has 3 aliphatic rings. The summed E-state index contributed by atoms with van der Waals surface area (Å²) in [5.41, 5.74) is 0. The minimum Gasteiger partial charge on any atom is -0.341 e. The molecule has 0 spiro atoms. The molecule has 3 aliphatic heterocycles. The minimum atomic E-state index is 0.244. The number of nitrogens with one attached hydrogen (secondary N) is 1. The molecular weight excluding hydrogens is 238 g/mol. The Bertz CT molecular complexity index is 309. The van der Waals surface area contributed by atoms with Crippen LogP contribution in [0.25, 0.3) is 0 Å². The summed E-state index contributed by atoms with van der Waals surface area (Å²) in [5.74, 6) is 0.653. The van der Waals surface area contributed by atoms with Crippen molar-refractivity contribution >= 4 is 5.91 Å². The summed E-state index contributed by atoms with van der Waals surface area (Å²) < 4.78 is 0. The number of likely N-dealkylation sites (tertiary alicyclic amines) is 2. The molecule has 1 amide bonds. The first-order valence-electron chi connectivity index (χ1n) is 8.08. The van der Waals surface area contributed by atoms with Gasteiger partial charge < -0.3 is 10.2 Å². The number of piperidine rings is 2. The lowest BCUT2D eigenvalue weighted by molar-refractivity contribution is -0.135. The van der Waals surface area contributed by atoms with E-state index in [1.165, 1.54) is 38.8 Å². The van der Waals surface area contributed by atoms with E-state index >= 15 is 0 Å². The highest BCUT2D eigenvalue weighted by molar-refractivity contribution is 5.79. The van der Waals surface area contributed by atoms with Crippen molar-refractivity contribution in [2.45, 2.75) is 44.6 Å². The van der Waals surface area contributed by atoms with Gasteiger partial charge in [0.15, 0.2) is 0 Å². The number of hydrogen-bond donors (Lipinski definition) is 1. The van der Waals surface area contributed by atoms with E-state index in [1.54, 1.807) is 0 Å². The lowest BCUT2D eigenvalue weighted by atomic mass is 9.98. The molecule has 3 rings (SSSR count). The van der Waals surface area contributed by atoms with Gasteiger partial charge in [0.05, 0.1) is 5.92 Å². The molecule has 1 unspecified atom stereocenters. The Hall–Kier alpha value is -0.610. The van der Waals surface area contributed by atoms with Crippen LogP contribution in [0, 0.1) is 5.92 Å². The molecule has 4 heteroatoms. The van der Waals surface area contributed by atoms with E-state index < -0.39 is 0 Å². The van der Waals surface area contributed by atoms with Crippen molar-refractivity contribution in [3.8, 4) is 0 Å². The van der Waals surface area contributed by atoms with E-state index in [0.29, 0.717) is 11.9 Å². The van der Waals surface area contributed by atoms with Gasteiger partial charge in [-0.1, -0.05) is 6.42 Å². The number of carbonyl (C=O) groups is 1. The predicted octanol–water partition coefficient (Wildman–Crippen LogP) is 1.07. The third-order valence-electron chi connectivity index (χ3n) is 5.03. The fourth-order valence-electron chi connectivity index (χ4n) is 3.84. The molecule has 2 atom stereocenters. The average molecular weight is 265 g/mol. The Morgan fingerprint density at radius 1 is 1.00 bits per heavy atom. The van der Waals surface area contributed by atoms with Crippen LogP contribution in [0.1, 0.15) is 38.5 Å². The van der Waals surface area contributed by atoms with Crippen LogP contribution in [0.5, 0.6) is 0 Å². The highest BCUT2D eigenvalue weighted by atomic mass is 16.2. The largest absolute Gasteiger partial charge is 0.341 e. The second-order valence-electron chi connectivity index (χ2n) is 6.37. The minimum absolute atomic E-state index is 0.244. The van der Waals surface area contributed by atoms with Gasteiger partial charge in [0.2, 0.25) is 5.91 Å². The highest BCUT2D eigenvalue weighted by Gasteiger charge is 2.34. The van der Waals surface area contributed by atoms with Gasteiger partial charge in [0.25, 0.3) is 0 Å². The number of amides is 1. The summed E-state index contributed by atoms with van der Waals surface area (Å²) in [6.07, 6.45) is 7.50. The molecule has 0 aromatic heterocycles. The van der Waals surface area contributed by atoms with Gasteiger partial charge in [-0.3, -0.25) is 9.69 Å². The number of rotatable bonds is 2. The summed E-state index contributed by atoms with van der Waals surface area (Å²) in [4.78, 5) is 17.3. The van der Waals surface area contributed by atoms with Crippen molar-refractivity contribution < 1.29 is 4.79 Å². The van der Waals surface area contributed by atoms with Crippen molar-refractivity contribution in [1.29, 1.82) is 0 Å². The first-order chi connectivity index (χ1) is 9.34. The smallest absolute Gasteiger partial charge is 0.227 e. The standard InChI is InChI=1S/C15H27N3O/c19-15(13-5-4-7-16-11-13)18-10-6-14(12-18)17-8-2-1-3-9-17/h13-14,16H,1-12H2/t13-,14?/m0/s1. The normalized spacial score (nSPS) is 33.6. The summed E-state index contributed by atoms with van der Waals surface area (Å²) in [6.45, 7) is 6.44. The van der Waals surface area contributed by atoms with Gasteiger partial charge in [-0.05, 0) is 51.7 Å². The Balaban J connectivity index is 1.51. The van der Waals surface area contributed by atoms with Crippen LogP contribution >= 0.6 is 0 Å². The third kappa shape index (κ3) is 3.11. The van der Waals surface area contributed by atoms with Crippen LogP contribution < -0.4 is 5.32 Å². The van der Waals surface area contributed by atoms with Crippen molar-refractivity contribution in [3.63, 3.8) is 0 Å². The lowest BCUT2D eigenvalue weighted by Gasteiger charge is -2.32. The Kier molecular flexibility index (Phi) is 4.38. The molecular formula is C15H27N3O. The molecule has 1 N–H and O–H groups in total. The van der Waals surface area contributed by atoms with E-state index in [0.717, 1.165) is 39.0 Å². The van der Waals surface area contributed by atoms with Crippen LogP contribution in [0.2, 0.25) is 0 Å². The zero-order valence-electron chi connectivity index (χ0n) is 11.9. The molecule has 3 saturated heterocycles. The summed E-state index contributed by atoms with van der Waals surface area (Å²) in [6, 6.07) is 0.640. The Labute approximate surface area is 116 Å². The van der Waals surface area contributed by atoms with Gasteiger partial charge in [-0.25, -0.2) is 0 Å². The SMILES string of the molecule is O=C([C@H]1CCCNC1)N1CCC(N2CCCCC2)C1. The van der Waals surface area contributed by atoms with E-state index in [4.69, 9.17) is 0 Å². The first-order valence-corrected chi connectivity index (χ1v) is 8.08. The topological polar surface area (TPSA) is 35.6 Å². The van der Waals surface area contributed by atoms with Crippen LogP contribution in [-0.2, 0) is 4.79 Å². The van der Waals surface area contributed by atoms with Crippen LogP contribution in [-0.4, -0.2) is 61.0 Å². The van der Waals surface area contributed by atoms with E-state index in [9.17, 15) is 4.79 Å². The maximum absolute atomic E-state index is 12.5. The first kappa shape index (κ1) is 13.4. The number of hydrogen-bond acceptors (Lipinski definition) is 3. The zero-order chi connectivity index (χ0) is 13.1. The zero-order valence-corrected chi connectivity index (χ0v) is 11.9. The van der Waals surface area contributed by atoms with Gasteiger partial charge >= 0.3 is 0 Å². The van der Waals surface area contributed by atoms with Crippen LogP contribution in [0.4, 0.5) is 0 Å². The lowest BCUT2D eigenvalue weighted by Crippen LogP contribution is -2.45. The summed E-state index contributed by atoms with van der Waals surface area (Å²) in [7, 11) is 0. The molecule has 19 heavy (non-hydrogen) atoms. The average Bonchev–Trinajstić information content (AvgIpc) is 2.98. The molecule has 0 aromatic carbocycles. The van der Waals surface area contributed by atoms with Gasteiger partial charge in [0.1, 0.15) is 0 Å². The molecule has 3 heterocycles. The molecule has 0 bridgehead atoms. The fraction of sp³-hybridized carbons (Fsp3) is 0.933. The molecule has 108 valence electrons. The Morgan fingerprint density at radius 3 is 2.58 bits per heavy atom. The van der Waals surface area contributed by atoms with Crippen molar-refractivity contribution in [1.82, 2.24) is 15.1 Å². The van der Waals surface area contributed by atoms with E-state index in [1.807, 2.05) is 0 Å². The second-order valence-corrected chi connectivity index (χ2v) is 6.37. The van der Waals surface area contributed by atoms with Crippen molar-refractivity contribution in [2.24, 2.45) is 5.92 Å². The Morgan fingerprint density at radius 2 is 1.84 bits per heavy atom. The highest BCUT2D eigenvalue weighted by Crippen LogP contribution is 2.23. The maximum Gasteiger partial charge on any atom is 0.227 e. The third-order valence-corrected chi connectivity index (χ3v) is 5.03. The molecule has 3 fully saturated rings. The molecule has 4 nitrogen and oxygen atoms in total. The summed E-state index contributed by atoms with van der Waals surface area (Å²) >= 11 is 0. The van der Waals surface area contributed by atoms with Gasteiger partial charge in [-0.2, -0.15) is 0 Å². The van der Waals surface area contributed by atoms with Crippen LogP contribution in [0.3, 0.4) is 0 Å². The number of carbonyl (C=O) groups excluding carboxylic acids is 1. The molecule has 0 aliphatic carbocycles. The maximum atomic E-state index is 12.5. The summed E-state index contributed by atoms with van der Waals surface area (Å²) in [5, 5.41) is 3.36. The fourth-order valence-corrected chi connectivity index (χ4v) is 3.84. The van der Waals surface area contributed by atoms with Gasteiger partial charge in [0, 0.05) is 25.7 Å². The number of nitrogens with zero attached hydrogens (tertiary/aromatic N) is 2. The van der Waals surface area contributed by atoms with Crippen LogP contribution in [0.15, 0.2) is 0 Å². The predicted molar refractivity (Wildman–Crippen MR) is 76.0 cm³/mol. The van der Waals surface area contributed by atoms with Crippen molar-refractivity contribution in [2.75, 3.05) is 39.3 Å².